The van der Waals surface area contributed by atoms with E-state index in [4.69, 9.17) is 5.73 Å². The zero-order valence-electron chi connectivity index (χ0n) is 12.8. The second-order valence-corrected chi connectivity index (χ2v) is 4.85. The number of nitrogens with two attached hydrogens (primary N) is 1. The van der Waals surface area contributed by atoms with E-state index in [9.17, 15) is 5.11 Å². The average molecular weight is 286 g/mol. The summed E-state index contributed by atoms with van der Waals surface area (Å²) >= 11 is 0. The highest BCUT2D eigenvalue weighted by atomic mass is 16.3. The zero-order chi connectivity index (χ0) is 15.4. The monoisotopic (exact) mass is 286 g/mol. The molecule has 0 atom stereocenters. The van der Waals surface area contributed by atoms with Gasteiger partial charge in [-0.1, -0.05) is 6.92 Å². The molecule has 2 rings (SSSR count). The molecule has 0 saturated heterocycles. The first-order valence-electron chi connectivity index (χ1n) is 7.30. The highest BCUT2D eigenvalue weighted by molar-refractivity contribution is 5.68. The summed E-state index contributed by atoms with van der Waals surface area (Å²) in [7, 11) is 0. The van der Waals surface area contributed by atoms with Gasteiger partial charge in [-0.3, -0.25) is 0 Å². The van der Waals surface area contributed by atoms with Crippen LogP contribution in [0.5, 0.6) is 5.75 Å². The van der Waals surface area contributed by atoms with Crippen LogP contribution < -0.4 is 10.6 Å². The standard InChI is InChI=1S/C16H22N4O/c1-4-11-9-12(21)7-8-13(11)14-10-15(17)19-16(18-14)20(5-2)6-3/h7-10,21H,4-6H2,1-3H3,(H2,17,18,19). The molecule has 0 aliphatic rings. The summed E-state index contributed by atoms with van der Waals surface area (Å²) in [6.45, 7) is 7.83. The molecule has 112 valence electrons. The van der Waals surface area contributed by atoms with Gasteiger partial charge in [0.1, 0.15) is 11.6 Å². The molecular weight excluding hydrogens is 264 g/mol. The summed E-state index contributed by atoms with van der Waals surface area (Å²) in [4.78, 5) is 11.0. The van der Waals surface area contributed by atoms with Crippen molar-refractivity contribution in [1.29, 1.82) is 0 Å². The molecule has 1 heterocycles. The number of phenolic OH excluding ortho intramolecular Hbond substituents is 1. The van der Waals surface area contributed by atoms with Crippen LogP contribution >= 0.6 is 0 Å². The van der Waals surface area contributed by atoms with Crippen molar-refractivity contribution < 1.29 is 5.11 Å². The first-order valence-corrected chi connectivity index (χ1v) is 7.30. The predicted octanol–water partition coefficient (Wildman–Crippen LogP) is 2.84. The van der Waals surface area contributed by atoms with Crippen LogP contribution in [0.4, 0.5) is 11.8 Å². The van der Waals surface area contributed by atoms with E-state index in [1.165, 1.54) is 0 Å². The molecule has 0 fully saturated rings. The van der Waals surface area contributed by atoms with Gasteiger partial charge in [0.15, 0.2) is 0 Å². The zero-order valence-corrected chi connectivity index (χ0v) is 12.8. The number of rotatable bonds is 5. The Hall–Kier alpha value is -2.30. The van der Waals surface area contributed by atoms with Gasteiger partial charge in [-0.15, -0.1) is 0 Å². The highest BCUT2D eigenvalue weighted by Crippen LogP contribution is 2.28. The fourth-order valence-electron chi connectivity index (χ4n) is 2.36. The summed E-state index contributed by atoms with van der Waals surface area (Å²) in [6.07, 6.45) is 0.814. The van der Waals surface area contributed by atoms with Crippen molar-refractivity contribution >= 4 is 11.8 Å². The van der Waals surface area contributed by atoms with Crippen molar-refractivity contribution in [2.45, 2.75) is 27.2 Å². The Morgan fingerprint density at radius 3 is 2.43 bits per heavy atom. The third-order valence-corrected chi connectivity index (χ3v) is 3.53. The van der Waals surface area contributed by atoms with E-state index in [2.05, 4.69) is 28.7 Å². The van der Waals surface area contributed by atoms with Crippen molar-refractivity contribution in [2.75, 3.05) is 23.7 Å². The van der Waals surface area contributed by atoms with Gasteiger partial charge in [-0.05, 0) is 44.0 Å². The van der Waals surface area contributed by atoms with Gasteiger partial charge >= 0.3 is 0 Å². The number of anilines is 2. The van der Waals surface area contributed by atoms with Gasteiger partial charge in [0.2, 0.25) is 5.95 Å². The Bertz CT molecular complexity index is 624. The maximum atomic E-state index is 9.62. The number of hydrogen-bond acceptors (Lipinski definition) is 5. The number of nitrogens with zero attached hydrogens (tertiary/aromatic N) is 3. The molecule has 2 aromatic rings. The summed E-state index contributed by atoms with van der Waals surface area (Å²) in [5.41, 5.74) is 8.76. The van der Waals surface area contributed by atoms with Crippen molar-refractivity contribution in [3.63, 3.8) is 0 Å². The van der Waals surface area contributed by atoms with Crippen LogP contribution in [0.3, 0.4) is 0 Å². The number of aryl methyl sites for hydroxylation is 1. The van der Waals surface area contributed by atoms with Crippen LogP contribution in [0.2, 0.25) is 0 Å². The van der Waals surface area contributed by atoms with Gasteiger partial charge < -0.3 is 15.7 Å². The minimum atomic E-state index is 0.265. The summed E-state index contributed by atoms with van der Waals surface area (Å²) < 4.78 is 0. The molecule has 0 aliphatic carbocycles. The number of benzene rings is 1. The van der Waals surface area contributed by atoms with Gasteiger partial charge in [0.05, 0.1) is 5.69 Å². The molecule has 0 amide bonds. The fourth-order valence-corrected chi connectivity index (χ4v) is 2.36. The van der Waals surface area contributed by atoms with Crippen LogP contribution in [-0.2, 0) is 6.42 Å². The maximum Gasteiger partial charge on any atom is 0.227 e. The Morgan fingerprint density at radius 1 is 1.10 bits per heavy atom. The third kappa shape index (κ3) is 3.24. The Morgan fingerprint density at radius 2 is 1.81 bits per heavy atom. The van der Waals surface area contributed by atoms with Crippen molar-refractivity contribution in [3.8, 4) is 17.0 Å². The molecule has 0 spiro atoms. The SMILES string of the molecule is CCc1cc(O)ccc1-c1cc(N)nc(N(CC)CC)n1. The molecule has 5 nitrogen and oxygen atoms in total. The van der Waals surface area contributed by atoms with E-state index in [-0.39, 0.29) is 5.75 Å². The van der Waals surface area contributed by atoms with E-state index in [1.54, 1.807) is 18.2 Å². The van der Waals surface area contributed by atoms with E-state index in [0.29, 0.717) is 11.8 Å². The second kappa shape index (κ2) is 6.43. The summed E-state index contributed by atoms with van der Waals surface area (Å²) in [5.74, 6) is 1.36. The quantitative estimate of drug-likeness (QED) is 0.884. The van der Waals surface area contributed by atoms with Crippen molar-refractivity contribution in [1.82, 2.24) is 9.97 Å². The summed E-state index contributed by atoms with van der Waals surface area (Å²) in [6, 6.07) is 7.09. The molecule has 0 unspecified atom stereocenters. The molecule has 0 saturated carbocycles. The van der Waals surface area contributed by atoms with Crippen LogP contribution in [0.25, 0.3) is 11.3 Å². The second-order valence-electron chi connectivity index (χ2n) is 4.85. The van der Waals surface area contributed by atoms with Gasteiger partial charge in [0, 0.05) is 24.7 Å². The minimum absolute atomic E-state index is 0.265. The Kier molecular flexibility index (Phi) is 4.62. The van der Waals surface area contributed by atoms with Crippen LogP contribution in [0, 0.1) is 0 Å². The third-order valence-electron chi connectivity index (χ3n) is 3.53. The molecule has 5 heteroatoms. The van der Waals surface area contributed by atoms with E-state index < -0.39 is 0 Å². The topological polar surface area (TPSA) is 75.3 Å². The maximum absolute atomic E-state index is 9.62. The molecule has 21 heavy (non-hydrogen) atoms. The van der Waals surface area contributed by atoms with Crippen LogP contribution in [0.15, 0.2) is 24.3 Å². The lowest BCUT2D eigenvalue weighted by Crippen LogP contribution is -2.24. The molecule has 0 aliphatic heterocycles. The van der Waals surface area contributed by atoms with Gasteiger partial charge in [-0.25, -0.2) is 4.98 Å². The summed E-state index contributed by atoms with van der Waals surface area (Å²) in [5, 5.41) is 9.62. The van der Waals surface area contributed by atoms with Gasteiger partial charge in [0.25, 0.3) is 0 Å². The average Bonchev–Trinajstić information content (AvgIpc) is 2.47. The minimum Gasteiger partial charge on any atom is -0.508 e. The fraction of sp³-hybridized carbons (Fsp3) is 0.375. The van der Waals surface area contributed by atoms with E-state index in [1.807, 2.05) is 13.0 Å². The van der Waals surface area contributed by atoms with E-state index in [0.717, 1.165) is 36.3 Å². The lowest BCUT2D eigenvalue weighted by Gasteiger charge is -2.19. The largest absolute Gasteiger partial charge is 0.508 e. The molecular formula is C16H22N4O. The van der Waals surface area contributed by atoms with Crippen LogP contribution in [0.1, 0.15) is 26.3 Å². The van der Waals surface area contributed by atoms with Gasteiger partial charge in [-0.2, -0.15) is 4.98 Å². The Labute approximate surface area is 125 Å². The lowest BCUT2D eigenvalue weighted by atomic mass is 10.0. The predicted molar refractivity (Wildman–Crippen MR) is 86.5 cm³/mol. The van der Waals surface area contributed by atoms with Crippen LogP contribution in [-0.4, -0.2) is 28.2 Å². The molecule has 0 radical (unpaired) electrons. The lowest BCUT2D eigenvalue weighted by molar-refractivity contribution is 0.474. The van der Waals surface area contributed by atoms with E-state index >= 15 is 0 Å². The number of hydrogen-bond donors (Lipinski definition) is 2. The normalized spacial score (nSPS) is 10.6. The smallest absolute Gasteiger partial charge is 0.227 e. The molecule has 1 aromatic heterocycles. The molecule has 3 N–H and O–H groups in total. The highest BCUT2D eigenvalue weighted by Gasteiger charge is 2.12. The molecule has 0 bridgehead atoms. The first-order chi connectivity index (χ1) is 10.1. The molecule has 1 aromatic carbocycles. The number of phenols is 1. The number of aromatic nitrogens is 2. The Balaban J connectivity index is 2.54. The van der Waals surface area contributed by atoms with Crippen molar-refractivity contribution in [2.24, 2.45) is 0 Å². The number of aromatic hydroxyl groups is 1. The first kappa shape index (κ1) is 15.1. The number of nitrogen functional groups attached to an aromatic ring is 1. The van der Waals surface area contributed by atoms with Crippen molar-refractivity contribution in [3.05, 3.63) is 29.8 Å².